The zero-order valence-corrected chi connectivity index (χ0v) is 17.7. The van der Waals surface area contributed by atoms with Crippen LogP contribution in [0.5, 0.6) is 0 Å². The van der Waals surface area contributed by atoms with Crippen LogP contribution in [0.2, 0.25) is 0 Å². The van der Waals surface area contributed by atoms with Crippen molar-refractivity contribution in [3.8, 4) is 0 Å². The molecule has 2 aliphatic rings. The number of nitrogens with zero attached hydrogens (tertiary/aromatic N) is 4. The molecule has 5 nitrogen and oxygen atoms in total. The van der Waals surface area contributed by atoms with Crippen molar-refractivity contribution in [1.29, 1.82) is 0 Å². The fraction of sp³-hybridized carbons (Fsp3) is 0.571. The number of aromatic nitrogens is 1. The molecule has 2 atom stereocenters. The second-order valence-corrected chi connectivity index (χ2v) is 9.26. The Balaban J connectivity index is 1.51. The number of hydrogen-bond donors (Lipinski definition) is 0. The predicted molar refractivity (Wildman–Crippen MR) is 111 cm³/mol. The van der Waals surface area contributed by atoms with E-state index in [1.54, 1.807) is 30.7 Å². The molecule has 0 bridgehead atoms. The van der Waals surface area contributed by atoms with E-state index in [1.807, 2.05) is 6.07 Å². The molecule has 0 unspecified atom stereocenters. The summed E-state index contributed by atoms with van der Waals surface area (Å²) in [5.41, 5.74) is 2.06. The molecular weight excluding hydrogens is 375 g/mol. The van der Waals surface area contributed by atoms with Crippen molar-refractivity contribution < 1.29 is 8.81 Å². The van der Waals surface area contributed by atoms with E-state index in [4.69, 9.17) is 4.42 Å². The van der Waals surface area contributed by atoms with Gasteiger partial charge in [-0.1, -0.05) is 13.0 Å². The second kappa shape index (κ2) is 8.05. The van der Waals surface area contributed by atoms with E-state index in [9.17, 15) is 4.39 Å². The molecule has 2 fully saturated rings. The molecule has 152 valence electrons. The maximum absolute atomic E-state index is 13.9. The fourth-order valence-corrected chi connectivity index (χ4v) is 5.80. The third-order valence-electron chi connectivity index (χ3n) is 5.93. The first kappa shape index (κ1) is 19.7. The van der Waals surface area contributed by atoms with Gasteiger partial charge in [0.25, 0.3) is 0 Å². The highest BCUT2D eigenvalue weighted by molar-refractivity contribution is 7.98. The number of anilines is 1. The Morgan fingerprint density at radius 1 is 1.39 bits per heavy atom. The summed E-state index contributed by atoms with van der Waals surface area (Å²) in [5.74, 6) is 0.843. The minimum atomic E-state index is -0.178. The Morgan fingerprint density at radius 2 is 2.25 bits per heavy atom. The van der Waals surface area contributed by atoms with E-state index >= 15 is 0 Å². The maximum atomic E-state index is 13.9. The Labute approximate surface area is 171 Å². The van der Waals surface area contributed by atoms with Crippen LogP contribution in [-0.4, -0.2) is 45.9 Å². The third kappa shape index (κ3) is 3.80. The summed E-state index contributed by atoms with van der Waals surface area (Å²) in [6, 6.07) is 7.40. The topological polar surface area (TPSA) is 35.8 Å². The molecule has 2 aromatic rings. The van der Waals surface area contributed by atoms with Gasteiger partial charge in [-0.3, -0.25) is 9.21 Å². The molecule has 2 aliphatic heterocycles. The van der Waals surface area contributed by atoms with Crippen LogP contribution < -0.4 is 4.31 Å². The lowest BCUT2D eigenvalue weighted by Gasteiger charge is -2.47. The van der Waals surface area contributed by atoms with Gasteiger partial charge >= 0.3 is 0 Å². The zero-order valence-electron chi connectivity index (χ0n) is 16.9. The van der Waals surface area contributed by atoms with Gasteiger partial charge in [0.2, 0.25) is 0 Å². The van der Waals surface area contributed by atoms with Gasteiger partial charge in [0.1, 0.15) is 11.6 Å². The van der Waals surface area contributed by atoms with E-state index in [2.05, 4.69) is 39.4 Å². The standard InChI is InChI=1S/C21H29FN4OS/c1-4-6-20-19(23-15-27-20)13-25-10-9-21(12-16(25)2)14-24(3)28-26(21)18-8-5-7-17(22)11-18/h5,7-8,11,15-16H,4,6,9-10,12-14H2,1-3H3/t16-,21+/m0/s1. The second-order valence-electron chi connectivity index (χ2n) is 8.11. The number of rotatable bonds is 5. The molecule has 1 aromatic carbocycles. The number of benzene rings is 1. The van der Waals surface area contributed by atoms with Crippen molar-refractivity contribution in [1.82, 2.24) is 14.2 Å². The van der Waals surface area contributed by atoms with Crippen LogP contribution in [0.3, 0.4) is 0 Å². The number of halogens is 1. The van der Waals surface area contributed by atoms with Crippen LogP contribution >= 0.6 is 12.1 Å². The summed E-state index contributed by atoms with van der Waals surface area (Å²) in [6.07, 6.45) is 5.67. The van der Waals surface area contributed by atoms with E-state index in [-0.39, 0.29) is 11.4 Å². The smallest absolute Gasteiger partial charge is 0.181 e. The van der Waals surface area contributed by atoms with Gasteiger partial charge in [-0.15, -0.1) is 0 Å². The number of piperidine rings is 1. The van der Waals surface area contributed by atoms with E-state index in [0.717, 1.165) is 62.5 Å². The van der Waals surface area contributed by atoms with Gasteiger partial charge in [-0.25, -0.2) is 13.7 Å². The van der Waals surface area contributed by atoms with Crippen LogP contribution in [0.4, 0.5) is 10.1 Å². The molecule has 28 heavy (non-hydrogen) atoms. The van der Waals surface area contributed by atoms with Crippen LogP contribution in [0.15, 0.2) is 35.1 Å². The molecule has 4 rings (SSSR count). The van der Waals surface area contributed by atoms with Crippen molar-refractivity contribution in [3.05, 3.63) is 47.9 Å². The monoisotopic (exact) mass is 404 g/mol. The maximum Gasteiger partial charge on any atom is 0.181 e. The minimum absolute atomic E-state index is 0.0270. The first-order chi connectivity index (χ1) is 13.5. The largest absolute Gasteiger partial charge is 0.448 e. The first-order valence-electron chi connectivity index (χ1n) is 10.1. The molecule has 1 aromatic heterocycles. The van der Waals surface area contributed by atoms with Gasteiger partial charge in [0.15, 0.2) is 6.39 Å². The van der Waals surface area contributed by atoms with Crippen LogP contribution in [-0.2, 0) is 13.0 Å². The van der Waals surface area contributed by atoms with Gasteiger partial charge in [0.05, 0.1) is 16.9 Å². The zero-order chi connectivity index (χ0) is 19.7. The highest BCUT2D eigenvalue weighted by atomic mass is 32.2. The molecule has 0 aliphatic carbocycles. The summed E-state index contributed by atoms with van der Waals surface area (Å²) in [7, 11) is 2.12. The third-order valence-corrected chi connectivity index (χ3v) is 7.10. The molecule has 1 spiro atoms. The molecule has 0 amide bonds. The van der Waals surface area contributed by atoms with Crippen molar-refractivity contribution in [2.45, 2.75) is 57.7 Å². The van der Waals surface area contributed by atoms with E-state index < -0.39 is 0 Å². The Bertz CT molecular complexity index is 815. The van der Waals surface area contributed by atoms with Crippen molar-refractivity contribution in [2.75, 3.05) is 24.4 Å². The Hall–Kier alpha value is -1.57. The van der Waals surface area contributed by atoms with Crippen LogP contribution in [0.1, 0.15) is 44.6 Å². The molecule has 0 radical (unpaired) electrons. The fourth-order valence-electron chi connectivity index (χ4n) is 4.62. The predicted octanol–water partition coefficient (Wildman–Crippen LogP) is 4.50. The van der Waals surface area contributed by atoms with E-state index in [1.165, 1.54) is 6.07 Å². The Kier molecular flexibility index (Phi) is 5.67. The summed E-state index contributed by atoms with van der Waals surface area (Å²) in [6.45, 7) is 7.28. The number of hydrogen-bond acceptors (Lipinski definition) is 6. The lowest BCUT2D eigenvalue weighted by molar-refractivity contribution is 0.0988. The van der Waals surface area contributed by atoms with Crippen molar-refractivity contribution in [2.24, 2.45) is 0 Å². The summed E-state index contributed by atoms with van der Waals surface area (Å²) < 4.78 is 24.0. The molecule has 0 saturated carbocycles. The molecular formula is C21H29FN4OS. The summed E-state index contributed by atoms with van der Waals surface area (Å²) >= 11 is 1.70. The SMILES string of the molecule is CCCc1ocnc1CN1CC[C@@]2(C[C@@H]1C)CN(C)SN2c1cccc(F)c1. The average Bonchev–Trinajstić information content (AvgIpc) is 3.22. The highest BCUT2D eigenvalue weighted by Gasteiger charge is 2.49. The number of likely N-dealkylation sites (N-methyl/N-ethyl adjacent to an activating group) is 1. The molecule has 2 saturated heterocycles. The average molecular weight is 405 g/mol. The molecule has 7 heteroatoms. The lowest BCUT2D eigenvalue weighted by atomic mass is 9.83. The highest BCUT2D eigenvalue weighted by Crippen LogP contribution is 2.46. The molecule has 0 N–H and O–H groups in total. The number of oxazole rings is 1. The first-order valence-corrected chi connectivity index (χ1v) is 10.8. The van der Waals surface area contributed by atoms with Gasteiger partial charge in [0, 0.05) is 44.2 Å². The number of likely N-dealkylation sites (tertiary alicyclic amines) is 1. The van der Waals surface area contributed by atoms with Gasteiger partial charge in [-0.2, -0.15) is 0 Å². The van der Waals surface area contributed by atoms with Gasteiger partial charge in [-0.05, 0) is 51.4 Å². The van der Waals surface area contributed by atoms with E-state index in [0.29, 0.717) is 6.04 Å². The minimum Gasteiger partial charge on any atom is -0.448 e. The van der Waals surface area contributed by atoms with Crippen molar-refractivity contribution in [3.63, 3.8) is 0 Å². The normalized spacial score (nSPS) is 26.4. The van der Waals surface area contributed by atoms with Crippen LogP contribution in [0, 0.1) is 5.82 Å². The summed E-state index contributed by atoms with van der Waals surface area (Å²) in [4.78, 5) is 6.97. The lowest BCUT2D eigenvalue weighted by Crippen LogP contribution is -2.56. The number of aryl methyl sites for hydroxylation is 1. The van der Waals surface area contributed by atoms with Gasteiger partial charge < -0.3 is 4.42 Å². The summed E-state index contributed by atoms with van der Waals surface area (Å²) in [5, 5.41) is 0. The molecule has 3 heterocycles. The van der Waals surface area contributed by atoms with Crippen molar-refractivity contribution >= 4 is 17.8 Å². The van der Waals surface area contributed by atoms with Crippen LogP contribution in [0.25, 0.3) is 0 Å². The quantitative estimate of drug-likeness (QED) is 0.683. The Morgan fingerprint density at radius 3 is 3.00 bits per heavy atom.